The van der Waals surface area contributed by atoms with Crippen LogP contribution in [0.25, 0.3) is 11.3 Å². The number of hydrogen-bond acceptors (Lipinski definition) is 4. The minimum atomic E-state index is -0.139. The Bertz CT molecular complexity index is 687. The molecule has 0 fully saturated rings. The second-order valence-electron chi connectivity index (χ2n) is 4.77. The van der Waals surface area contributed by atoms with Gasteiger partial charge in [-0.15, -0.1) is 11.3 Å². The van der Waals surface area contributed by atoms with Gasteiger partial charge in [-0.25, -0.2) is 4.98 Å². The Morgan fingerprint density at radius 1 is 1.25 bits per heavy atom. The van der Waals surface area contributed by atoms with Gasteiger partial charge in [0.25, 0.3) is 0 Å². The molecule has 2 heterocycles. The Labute approximate surface area is 122 Å². The fraction of sp³-hybridized carbons (Fsp3) is 0.188. The maximum atomic E-state index is 6.19. The molecule has 102 valence electrons. The lowest BCUT2D eigenvalue weighted by atomic mass is 10.1. The fourth-order valence-corrected chi connectivity index (χ4v) is 3.05. The monoisotopic (exact) mass is 284 g/mol. The lowest BCUT2D eigenvalue weighted by Crippen LogP contribution is -2.13. The number of hydrogen-bond donors (Lipinski definition) is 1. The molecule has 0 saturated carbocycles. The van der Waals surface area contributed by atoms with Crippen molar-refractivity contribution in [3.05, 3.63) is 64.4 Å². The summed E-state index contributed by atoms with van der Waals surface area (Å²) in [6.45, 7) is 2.01. The van der Waals surface area contributed by atoms with E-state index in [0.29, 0.717) is 6.42 Å². The van der Waals surface area contributed by atoms with Crippen molar-refractivity contribution in [3.8, 4) is 11.3 Å². The van der Waals surface area contributed by atoms with Gasteiger partial charge >= 0.3 is 0 Å². The topological polar surface area (TPSA) is 52.0 Å². The number of furan rings is 1. The first kappa shape index (κ1) is 13.1. The van der Waals surface area contributed by atoms with E-state index in [4.69, 9.17) is 10.2 Å². The number of benzene rings is 1. The molecule has 20 heavy (non-hydrogen) atoms. The third-order valence-corrected chi connectivity index (χ3v) is 4.13. The molecule has 0 aliphatic carbocycles. The SMILES string of the molecule is Cc1ccoc1C(N)Cc1nc(-c2ccccc2)cs1. The summed E-state index contributed by atoms with van der Waals surface area (Å²) in [5.41, 5.74) is 9.43. The first-order valence-corrected chi connectivity index (χ1v) is 7.41. The Hall–Kier alpha value is -1.91. The molecule has 0 bridgehead atoms. The summed E-state index contributed by atoms with van der Waals surface area (Å²) in [5, 5.41) is 3.11. The zero-order chi connectivity index (χ0) is 13.9. The molecule has 0 spiro atoms. The Kier molecular flexibility index (Phi) is 3.67. The van der Waals surface area contributed by atoms with Crippen LogP contribution in [0.4, 0.5) is 0 Å². The van der Waals surface area contributed by atoms with E-state index in [1.807, 2.05) is 31.2 Å². The van der Waals surface area contributed by atoms with E-state index in [9.17, 15) is 0 Å². The van der Waals surface area contributed by atoms with Crippen LogP contribution in [0.15, 0.2) is 52.5 Å². The van der Waals surface area contributed by atoms with Crippen LogP contribution >= 0.6 is 11.3 Å². The number of thiazole rings is 1. The predicted molar refractivity (Wildman–Crippen MR) is 81.6 cm³/mol. The molecule has 1 atom stereocenters. The molecular weight excluding hydrogens is 268 g/mol. The van der Waals surface area contributed by atoms with Gasteiger partial charge in [-0.2, -0.15) is 0 Å². The first-order chi connectivity index (χ1) is 9.74. The molecule has 3 nitrogen and oxygen atoms in total. The molecular formula is C16H16N2OS. The minimum absolute atomic E-state index is 0.139. The van der Waals surface area contributed by atoms with Crippen LogP contribution in [-0.2, 0) is 6.42 Å². The van der Waals surface area contributed by atoms with Gasteiger partial charge in [0.05, 0.1) is 23.0 Å². The molecule has 0 saturated heterocycles. The minimum Gasteiger partial charge on any atom is -0.467 e. The third kappa shape index (κ3) is 2.66. The molecule has 1 unspecified atom stereocenters. The van der Waals surface area contributed by atoms with E-state index in [2.05, 4.69) is 22.5 Å². The standard InChI is InChI=1S/C16H16N2OS/c1-11-7-8-19-16(11)13(17)9-15-18-14(10-20-15)12-5-3-2-4-6-12/h2-8,10,13H,9,17H2,1H3. The van der Waals surface area contributed by atoms with Crippen LogP contribution < -0.4 is 5.73 Å². The van der Waals surface area contributed by atoms with E-state index >= 15 is 0 Å². The largest absolute Gasteiger partial charge is 0.467 e. The van der Waals surface area contributed by atoms with E-state index in [1.54, 1.807) is 17.6 Å². The molecule has 0 radical (unpaired) electrons. The summed E-state index contributed by atoms with van der Waals surface area (Å²) >= 11 is 1.64. The zero-order valence-electron chi connectivity index (χ0n) is 11.2. The first-order valence-electron chi connectivity index (χ1n) is 6.53. The summed E-state index contributed by atoms with van der Waals surface area (Å²) in [5.74, 6) is 0.849. The van der Waals surface area contributed by atoms with Gasteiger partial charge in [0.2, 0.25) is 0 Å². The average molecular weight is 284 g/mol. The molecule has 0 amide bonds. The molecule has 0 aliphatic heterocycles. The van der Waals surface area contributed by atoms with Gasteiger partial charge < -0.3 is 10.2 Å². The highest BCUT2D eigenvalue weighted by Gasteiger charge is 2.15. The maximum absolute atomic E-state index is 6.19. The highest BCUT2D eigenvalue weighted by molar-refractivity contribution is 7.09. The Balaban J connectivity index is 1.76. The summed E-state index contributed by atoms with van der Waals surface area (Å²) < 4.78 is 5.44. The van der Waals surface area contributed by atoms with Crippen molar-refractivity contribution >= 4 is 11.3 Å². The summed E-state index contributed by atoms with van der Waals surface area (Å²) in [6, 6.07) is 12.0. The second-order valence-corrected chi connectivity index (χ2v) is 5.71. The van der Waals surface area contributed by atoms with Gasteiger partial charge in [-0.1, -0.05) is 30.3 Å². The van der Waals surface area contributed by atoms with E-state index < -0.39 is 0 Å². The molecule has 0 aliphatic rings. The smallest absolute Gasteiger partial charge is 0.123 e. The summed E-state index contributed by atoms with van der Waals surface area (Å²) in [7, 11) is 0. The Morgan fingerprint density at radius 2 is 2.05 bits per heavy atom. The molecule has 4 heteroatoms. The van der Waals surface area contributed by atoms with Crippen LogP contribution in [0, 0.1) is 6.92 Å². The van der Waals surface area contributed by atoms with E-state index in [0.717, 1.165) is 27.6 Å². The van der Waals surface area contributed by atoms with Crippen molar-refractivity contribution in [1.29, 1.82) is 0 Å². The predicted octanol–water partition coefficient (Wildman–Crippen LogP) is 3.95. The lowest BCUT2D eigenvalue weighted by Gasteiger charge is -2.07. The number of aryl methyl sites for hydroxylation is 1. The number of nitrogens with two attached hydrogens (primary N) is 1. The third-order valence-electron chi connectivity index (χ3n) is 3.25. The molecule has 2 N–H and O–H groups in total. The van der Waals surface area contributed by atoms with Crippen molar-refractivity contribution in [3.63, 3.8) is 0 Å². The molecule has 1 aromatic carbocycles. The second kappa shape index (κ2) is 5.61. The van der Waals surface area contributed by atoms with Crippen LogP contribution in [0.2, 0.25) is 0 Å². The summed E-state index contributed by atoms with van der Waals surface area (Å²) in [4.78, 5) is 4.66. The van der Waals surface area contributed by atoms with Gasteiger partial charge in [-0.3, -0.25) is 0 Å². The zero-order valence-corrected chi connectivity index (χ0v) is 12.1. The molecule has 2 aromatic heterocycles. The van der Waals surface area contributed by atoms with Crippen LogP contribution in [0.5, 0.6) is 0 Å². The normalized spacial score (nSPS) is 12.5. The van der Waals surface area contributed by atoms with Crippen molar-refractivity contribution < 1.29 is 4.42 Å². The van der Waals surface area contributed by atoms with Gasteiger partial charge in [-0.05, 0) is 18.6 Å². The summed E-state index contributed by atoms with van der Waals surface area (Å²) in [6.07, 6.45) is 2.38. The Morgan fingerprint density at radius 3 is 2.75 bits per heavy atom. The van der Waals surface area contributed by atoms with Gasteiger partial charge in [0, 0.05) is 17.4 Å². The molecule has 3 aromatic rings. The highest BCUT2D eigenvalue weighted by Crippen LogP contribution is 2.25. The van der Waals surface area contributed by atoms with Crippen molar-refractivity contribution in [2.24, 2.45) is 5.73 Å². The van der Waals surface area contributed by atoms with E-state index in [1.165, 1.54) is 0 Å². The lowest BCUT2D eigenvalue weighted by molar-refractivity contribution is 0.461. The van der Waals surface area contributed by atoms with Crippen LogP contribution in [-0.4, -0.2) is 4.98 Å². The van der Waals surface area contributed by atoms with Crippen molar-refractivity contribution in [2.45, 2.75) is 19.4 Å². The van der Waals surface area contributed by atoms with Gasteiger partial charge in [0.15, 0.2) is 0 Å². The fourth-order valence-electron chi connectivity index (χ4n) is 2.19. The average Bonchev–Trinajstić information content (AvgIpc) is 3.09. The van der Waals surface area contributed by atoms with Crippen LogP contribution in [0.1, 0.15) is 22.4 Å². The van der Waals surface area contributed by atoms with Crippen molar-refractivity contribution in [1.82, 2.24) is 4.98 Å². The molecule has 3 rings (SSSR count). The highest BCUT2D eigenvalue weighted by atomic mass is 32.1. The number of rotatable bonds is 4. The van der Waals surface area contributed by atoms with Crippen LogP contribution in [0.3, 0.4) is 0 Å². The van der Waals surface area contributed by atoms with Crippen molar-refractivity contribution in [2.75, 3.05) is 0 Å². The number of aromatic nitrogens is 1. The van der Waals surface area contributed by atoms with E-state index in [-0.39, 0.29) is 6.04 Å². The maximum Gasteiger partial charge on any atom is 0.123 e. The quantitative estimate of drug-likeness (QED) is 0.789. The van der Waals surface area contributed by atoms with Gasteiger partial charge in [0.1, 0.15) is 5.76 Å². The number of nitrogens with zero attached hydrogens (tertiary/aromatic N) is 1.